The van der Waals surface area contributed by atoms with Gasteiger partial charge in [-0.3, -0.25) is 14.5 Å². The Kier molecular flexibility index (Phi) is 6.22. The van der Waals surface area contributed by atoms with Crippen LogP contribution < -0.4 is 0 Å². The monoisotopic (exact) mass is 263 g/mol. The lowest BCUT2D eigenvalue weighted by atomic mass is 10.1. The number of carboxylic acid groups (broad SMARTS) is 1. The molecular formula is C15H21NO3. The Bertz CT molecular complexity index is 417. The Hall–Kier alpha value is -1.68. The van der Waals surface area contributed by atoms with Gasteiger partial charge in [0.25, 0.3) is 0 Å². The van der Waals surface area contributed by atoms with E-state index in [-0.39, 0.29) is 5.78 Å². The standard InChI is InChI=1S/C15H21NO3/c1-12(15(18)19)10-16(11-13(2)17)9-8-14-6-4-3-5-7-14/h3-7,12H,8-11H2,1-2H3,(H,18,19). The van der Waals surface area contributed by atoms with Crippen molar-refractivity contribution in [3.05, 3.63) is 35.9 Å². The van der Waals surface area contributed by atoms with Crippen LogP contribution in [0.2, 0.25) is 0 Å². The lowest BCUT2D eigenvalue weighted by Gasteiger charge is -2.22. The highest BCUT2D eigenvalue weighted by molar-refractivity contribution is 5.77. The van der Waals surface area contributed by atoms with Gasteiger partial charge < -0.3 is 5.11 Å². The molecule has 4 nitrogen and oxygen atoms in total. The normalized spacial score (nSPS) is 12.4. The highest BCUT2D eigenvalue weighted by Gasteiger charge is 2.17. The number of nitrogens with zero attached hydrogens (tertiary/aromatic N) is 1. The van der Waals surface area contributed by atoms with E-state index in [1.807, 2.05) is 35.2 Å². The van der Waals surface area contributed by atoms with E-state index >= 15 is 0 Å². The first kappa shape index (κ1) is 15.4. The van der Waals surface area contributed by atoms with Crippen LogP contribution in [0.3, 0.4) is 0 Å². The van der Waals surface area contributed by atoms with Crippen LogP contribution >= 0.6 is 0 Å². The molecule has 0 spiro atoms. The molecule has 0 radical (unpaired) electrons. The van der Waals surface area contributed by atoms with Crippen LogP contribution in [0, 0.1) is 5.92 Å². The molecule has 0 heterocycles. The largest absolute Gasteiger partial charge is 0.481 e. The molecule has 1 aromatic rings. The predicted octanol–water partition coefficient (Wildman–Crippen LogP) is 1.84. The van der Waals surface area contributed by atoms with E-state index in [2.05, 4.69) is 0 Å². The summed E-state index contributed by atoms with van der Waals surface area (Å²) in [5, 5.41) is 8.94. The molecule has 1 unspecified atom stereocenters. The molecule has 0 aliphatic carbocycles. The van der Waals surface area contributed by atoms with Gasteiger partial charge in [0.15, 0.2) is 0 Å². The van der Waals surface area contributed by atoms with Crippen LogP contribution in [0.1, 0.15) is 19.4 Å². The van der Waals surface area contributed by atoms with Gasteiger partial charge >= 0.3 is 5.97 Å². The highest BCUT2D eigenvalue weighted by atomic mass is 16.4. The van der Waals surface area contributed by atoms with E-state index in [0.29, 0.717) is 19.6 Å². The third-order valence-electron chi connectivity index (χ3n) is 2.96. The van der Waals surface area contributed by atoms with Crippen molar-refractivity contribution in [2.24, 2.45) is 5.92 Å². The summed E-state index contributed by atoms with van der Waals surface area (Å²) in [6.07, 6.45) is 0.820. The summed E-state index contributed by atoms with van der Waals surface area (Å²) in [4.78, 5) is 24.0. The molecule has 0 saturated carbocycles. The van der Waals surface area contributed by atoms with Crippen molar-refractivity contribution in [2.75, 3.05) is 19.6 Å². The topological polar surface area (TPSA) is 57.6 Å². The summed E-state index contributed by atoms with van der Waals surface area (Å²) >= 11 is 0. The molecule has 1 N–H and O–H groups in total. The first-order valence-electron chi connectivity index (χ1n) is 6.47. The van der Waals surface area contributed by atoms with Crippen LogP contribution in [0.15, 0.2) is 30.3 Å². The maximum Gasteiger partial charge on any atom is 0.307 e. The van der Waals surface area contributed by atoms with Gasteiger partial charge in [0.1, 0.15) is 5.78 Å². The minimum atomic E-state index is -0.826. The molecule has 0 bridgehead atoms. The smallest absolute Gasteiger partial charge is 0.307 e. The summed E-state index contributed by atoms with van der Waals surface area (Å²) in [5.74, 6) is -1.23. The maximum absolute atomic E-state index is 11.2. The number of Topliss-reactive ketones (excluding diaryl/α,β-unsaturated/α-hetero) is 1. The Balaban J connectivity index is 2.54. The number of carbonyl (C=O) groups is 2. The second-order valence-electron chi connectivity index (χ2n) is 4.91. The fourth-order valence-corrected chi connectivity index (χ4v) is 1.95. The van der Waals surface area contributed by atoms with Gasteiger partial charge in [0, 0.05) is 13.1 Å². The number of hydrogen-bond acceptors (Lipinski definition) is 3. The van der Waals surface area contributed by atoms with Crippen molar-refractivity contribution in [2.45, 2.75) is 20.3 Å². The van der Waals surface area contributed by atoms with E-state index in [0.717, 1.165) is 6.42 Å². The molecule has 0 aliphatic rings. The van der Waals surface area contributed by atoms with Crippen LogP contribution in [0.5, 0.6) is 0 Å². The maximum atomic E-state index is 11.2. The van der Waals surface area contributed by atoms with Crippen molar-refractivity contribution in [3.63, 3.8) is 0 Å². The predicted molar refractivity (Wildman–Crippen MR) is 74.1 cm³/mol. The summed E-state index contributed by atoms with van der Waals surface area (Å²) in [6.45, 7) is 4.60. The number of rotatable bonds is 8. The minimum absolute atomic E-state index is 0.0608. The van der Waals surface area contributed by atoms with E-state index in [1.165, 1.54) is 12.5 Å². The summed E-state index contributed by atoms with van der Waals surface area (Å²) in [5.41, 5.74) is 1.19. The zero-order chi connectivity index (χ0) is 14.3. The summed E-state index contributed by atoms with van der Waals surface area (Å²) < 4.78 is 0. The third-order valence-corrected chi connectivity index (χ3v) is 2.96. The number of ketones is 1. The Labute approximate surface area is 114 Å². The number of carbonyl (C=O) groups excluding carboxylic acids is 1. The molecule has 1 aromatic carbocycles. The summed E-state index contributed by atoms with van der Waals surface area (Å²) in [7, 11) is 0. The molecule has 19 heavy (non-hydrogen) atoms. The van der Waals surface area contributed by atoms with E-state index in [4.69, 9.17) is 5.11 Å². The van der Waals surface area contributed by atoms with E-state index in [1.54, 1.807) is 6.92 Å². The van der Waals surface area contributed by atoms with Gasteiger partial charge in [-0.15, -0.1) is 0 Å². The lowest BCUT2D eigenvalue weighted by Crippen LogP contribution is -2.36. The van der Waals surface area contributed by atoms with Gasteiger partial charge in [0.05, 0.1) is 12.5 Å². The van der Waals surface area contributed by atoms with E-state index < -0.39 is 11.9 Å². The number of benzene rings is 1. The number of carboxylic acids is 1. The van der Waals surface area contributed by atoms with Crippen LogP contribution in [-0.2, 0) is 16.0 Å². The molecule has 1 atom stereocenters. The molecular weight excluding hydrogens is 242 g/mol. The fourth-order valence-electron chi connectivity index (χ4n) is 1.95. The first-order chi connectivity index (χ1) is 8.99. The highest BCUT2D eigenvalue weighted by Crippen LogP contribution is 2.05. The molecule has 4 heteroatoms. The SMILES string of the molecule is CC(=O)CN(CCc1ccccc1)CC(C)C(=O)O. The molecule has 0 fully saturated rings. The lowest BCUT2D eigenvalue weighted by molar-refractivity contribution is -0.142. The van der Waals surface area contributed by atoms with Crippen LogP contribution in [-0.4, -0.2) is 41.4 Å². The molecule has 1 rings (SSSR count). The quantitative estimate of drug-likeness (QED) is 0.777. The Morgan fingerprint density at radius 1 is 1.26 bits per heavy atom. The van der Waals surface area contributed by atoms with Crippen molar-refractivity contribution in [3.8, 4) is 0 Å². The zero-order valence-electron chi connectivity index (χ0n) is 11.5. The minimum Gasteiger partial charge on any atom is -0.481 e. The van der Waals surface area contributed by atoms with Gasteiger partial charge in [-0.25, -0.2) is 0 Å². The second kappa shape index (κ2) is 7.69. The Morgan fingerprint density at radius 3 is 2.42 bits per heavy atom. The summed E-state index contributed by atoms with van der Waals surface area (Å²) in [6, 6.07) is 9.98. The molecule has 104 valence electrons. The van der Waals surface area contributed by atoms with Crippen molar-refractivity contribution < 1.29 is 14.7 Å². The van der Waals surface area contributed by atoms with Crippen LogP contribution in [0.25, 0.3) is 0 Å². The van der Waals surface area contributed by atoms with Crippen LogP contribution in [0.4, 0.5) is 0 Å². The van der Waals surface area contributed by atoms with Gasteiger partial charge in [0.2, 0.25) is 0 Å². The molecule has 0 amide bonds. The third kappa shape index (κ3) is 6.15. The first-order valence-corrected chi connectivity index (χ1v) is 6.47. The van der Waals surface area contributed by atoms with Gasteiger partial charge in [-0.05, 0) is 18.9 Å². The molecule has 0 saturated heterocycles. The average Bonchev–Trinajstić information content (AvgIpc) is 2.36. The Morgan fingerprint density at radius 2 is 1.89 bits per heavy atom. The van der Waals surface area contributed by atoms with E-state index in [9.17, 15) is 9.59 Å². The second-order valence-corrected chi connectivity index (χ2v) is 4.91. The average molecular weight is 263 g/mol. The van der Waals surface area contributed by atoms with Gasteiger partial charge in [-0.1, -0.05) is 37.3 Å². The number of aliphatic carboxylic acids is 1. The number of hydrogen-bond donors (Lipinski definition) is 1. The zero-order valence-corrected chi connectivity index (χ0v) is 11.5. The van der Waals surface area contributed by atoms with Crippen molar-refractivity contribution >= 4 is 11.8 Å². The molecule has 0 aromatic heterocycles. The van der Waals surface area contributed by atoms with Crippen molar-refractivity contribution in [1.82, 2.24) is 4.90 Å². The molecule has 0 aliphatic heterocycles. The van der Waals surface area contributed by atoms with Crippen molar-refractivity contribution in [1.29, 1.82) is 0 Å². The fraction of sp³-hybridized carbons (Fsp3) is 0.467. The van der Waals surface area contributed by atoms with Gasteiger partial charge in [-0.2, -0.15) is 0 Å².